The van der Waals surface area contributed by atoms with Crippen LogP contribution in [0.5, 0.6) is 0 Å². The van der Waals surface area contributed by atoms with Crippen molar-refractivity contribution in [2.45, 2.75) is 6.54 Å². The van der Waals surface area contributed by atoms with Gasteiger partial charge in [0.25, 0.3) is 0 Å². The number of nitro groups is 1. The lowest BCUT2D eigenvalue weighted by molar-refractivity contribution is -0.387. The van der Waals surface area contributed by atoms with Crippen molar-refractivity contribution in [2.24, 2.45) is 0 Å². The van der Waals surface area contributed by atoms with Crippen LogP contribution in [0.15, 0.2) is 18.3 Å². The third-order valence-electron chi connectivity index (χ3n) is 2.39. The van der Waals surface area contributed by atoms with Gasteiger partial charge in [-0.3, -0.25) is 10.1 Å². The van der Waals surface area contributed by atoms with Crippen LogP contribution in [0.2, 0.25) is 0 Å². The van der Waals surface area contributed by atoms with Gasteiger partial charge < -0.3 is 5.32 Å². The van der Waals surface area contributed by atoms with Gasteiger partial charge in [-0.15, -0.1) is 11.3 Å². The summed E-state index contributed by atoms with van der Waals surface area (Å²) in [6, 6.07) is 1.67. The number of hydrogen-bond donors (Lipinski definition) is 1. The van der Waals surface area contributed by atoms with Gasteiger partial charge in [-0.25, -0.2) is 9.37 Å². The molecule has 0 fully saturated rings. The van der Waals surface area contributed by atoms with Gasteiger partial charge in [0.15, 0.2) is 0 Å². The van der Waals surface area contributed by atoms with Crippen LogP contribution >= 0.6 is 11.3 Å². The maximum absolute atomic E-state index is 13.9. The van der Waals surface area contributed by atoms with E-state index in [1.54, 1.807) is 7.05 Å². The Kier molecular flexibility index (Phi) is 3.82. The fourth-order valence-corrected chi connectivity index (χ4v) is 2.52. The number of nitro benzene ring substituents is 1. The van der Waals surface area contributed by atoms with Crippen LogP contribution in [0, 0.1) is 21.7 Å². The molecule has 0 radical (unpaired) electrons. The minimum absolute atomic E-state index is 0.0870. The predicted octanol–water partition coefficient (Wildman–Crippen LogP) is 2.72. The molecule has 0 bridgehead atoms. The first-order chi connectivity index (χ1) is 9.04. The van der Waals surface area contributed by atoms with Crippen molar-refractivity contribution in [3.05, 3.63) is 45.0 Å². The lowest BCUT2D eigenvalue weighted by Gasteiger charge is -2.01. The Hall–Kier alpha value is -1.93. The van der Waals surface area contributed by atoms with Crippen molar-refractivity contribution in [1.29, 1.82) is 0 Å². The maximum Gasteiger partial charge on any atom is 0.305 e. The molecule has 8 heteroatoms. The summed E-state index contributed by atoms with van der Waals surface area (Å²) < 4.78 is 27.6. The fourth-order valence-electron chi connectivity index (χ4n) is 1.56. The Morgan fingerprint density at radius 1 is 1.47 bits per heavy atom. The quantitative estimate of drug-likeness (QED) is 0.692. The van der Waals surface area contributed by atoms with Crippen molar-refractivity contribution < 1.29 is 13.7 Å². The molecule has 0 saturated heterocycles. The summed E-state index contributed by atoms with van der Waals surface area (Å²) in [6.07, 6.45) is 1.48. The van der Waals surface area contributed by atoms with Gasteiger partial charge in [-0.1, -0.05) is 0 Å². The normalized spacial score (nSPS) is 10.7. The van der Waals surface area contributed by atoms with Gasteiger partial charge in [0.1, 0.15) is 10.8 Å². The first-order valence-electron chi connectivity index (χ1n) is 5.26. The van der Waals surface area contributed by atoms with Crippen LogP contribution in [-0.4, -0.2) is 17.0 Å². The van der Waals surface area contributed by atoms with Gasteiger partial charge in [0, 0.05) is 23.7 Å². The van der Waals surface area contributed by atoms with E-state index in [1.165, 1.54) is 6.20 Å². The summed E-state index contributed by atoms with van der Waals surface area (Å²) in [5, 5.41) is 13.6. The molecule has 0 aliphatic rings. The average Bonchev–Trinajstić information content (AvgIpc) is 2.77. The molecule has 0 atom stereocenters. The third kappa shape index (κ3) is 2.59. The molecule has 0 aliphatic carbocycles. The molecule has 1 heterocycles. The lowest BCUT2D eigenvalue weighted by Crippen LogP contribution is -2.02. The molecule has 0 saturated carbocycles. The molecule has 0 aliphatic heterocycles. The average molecular weight is 285 g/mol. The molecule has 2 rings (SSSR count). The SMILES string of the molecule is CNCc1cnc(-c2c(F)ccc([N+](=O)[O-])c2F)s1. The van der Waals surface area contributed by atoms with Crippen molar-refractivity contribution in [3.63, 3.8) is 0 Å². The highest BCUT2D eigenvalue weighted by molar-refractivity contribution is 7.15. The number of rotatable bonds is 4. The van der Waals surface area contributed by atoms with Crippen LogP contribution < -0.4 is 5.32 Å². The van der Waals surface area contributed by atoms with Crippen molar-refractivity contribution >= 4 is 17.0 Å². The highest BCUT2D eigenvalue weighted by Gasteiger charge is 2.24. The first kappa shape index (κ1) is 13.5. The van der Waals surface area contributed by atoms with Gasteiger partial charge in [-0.2, -0.15) is 4.39 Å². The second-order valence-electron chi connectivity index (χ2n) is 3.67. The van der Waals surface area contributed by atoms with E-state index in [0.717, 1.165) is 28.3 Å². The molecule has 1 N–H and O–H groups in total. The minimum Gasteiger partial charge on any atom is -0.315 e. The van der Waals surface area contributed by atoms with E-state index < -0.39 is 27.8 Å². The highest BCUT2D eigenvalue weighted by Crippen LogP contribution is 2.33. The molecule has 0 spiro atoms. The Balaban J connectivity index is 2.53. The monoisotopic (exact) mass is 285 g/mol. The van der Waals surface area contributed by atoms with E-state index >= 15 is 0 Å². The maximum atomic E-state index is 13.9. The van der Waals surface area contributed by atoms with Gasteiger partial charge >= 0.3 is 5.69 Å². The minimum atomic E-state index is -1.20. The second-order valence-corrected chi connectivity index (χ2v) is 4.79. The molecular weight excluding hydrogens is 276 g/mol. The molecule has 5 nitrogen and oxygen atoms in total. The molecule has 1 aromatic heterocycles. The summed E-state index contributed by atoms with van der Waals surface area (Å²) in [5.41, 5.74) is -1.22. The van der Waals surface area contributed by atoms with E-state index in [0.29, 0.717) is 6.54 Å². The zero-order valence-electron chi connectivity index (χ0n) is 9.81. The summed E-state index contributed by atoms with van der Waals surface area (Å²) >= 11 is 1.08. The highest BCUT2D eigenvalue weighted by atomic mass is 32.1. The molecule has 0 unspecified atom stereocenters. The van der Waals surface area contributed by atoms with E-state index in [1.807, 2.05) is 0 Å². The van der Waals surface area contributed by atoms with Gasteiger partial charge in [-0.05, 0) is 13.1 Å². The Labute approximate surface area is 111 Å². The van der Waals surface area contributed by atoms with E-state index in [9.17, 15) is 18.9 Å². The zero-order chi connectivity index (χ0) is 14.0. The number of nitrogens with one attached hydrogen (secondary N) is 1. The van der Waals surface area contributed by atoms with Crippen LogP contribution in [0.4, 0.5) is 14.5 Å². The molecule has 0 amide bonds. The van der Waals surface area contributed by atoms with Crippen molar-refractivity contribution in [3.8, 4) is 10.6 Å². The Morgan fingerprint density at radius 2 is 2.21 bits per heavy atom. The summed E-state index contributed by atoms with van der Waals surface area (Å²) in [5.74, 6) is -2.07. The van der Waals surface area contributed by atoms with E-state index in [2.05, 4.69) is 10.3 Å². The zero-order valence-corrected chi connectivity index (χ0v) is 10.6. The standard InChI is InChI=1S/C11H9F2N3O2S/c1-14-4-6-5-15-11(19-6)9-7(12)2-3-8(10(9)13)16(17)18/h2-3,5,14H,4H2,1H3. The van der Waals surface area contributed by atoms with E-state index in [-0.39, 0.29) is 5.01 Å². The molecule has 100 valence electrons. The number of benzene rings is 1. The van der Waals surface area contributed by atoms with Crippen molar-refractivity contribution in [2.75, 3.05) is 7.05 Å². The fraction of sp³-hybridized carbons (Fsp3) is 0.182. The predicted molar refractivity (Wildman–Crippen MR) is 66.9 cm³/mol. The van der Waals surface area contributed by atoms with Crippen LogP contribution in [0.1, 0.15) is 4.88 Å². The van der Waals surface area contributed by atoms with Crippen LogP contribution in [0.25, 0.3) is 10.6 Å². The van der Waals surface area contributed by atoms with Gasteiger partial charge in [0.05, 0.1) is 10.5 Å². The lowest BCUT2D eigenvalue weighted by atomic mass is 10.2. The topological polar surface area (TPSA) is 68.1 Å². The molecular formula is C11H9F2N3O2S. The Morgan fingerprint density at radius 3 is 2.84 bits per heavy atom. The van der Waals surface area contributed by atoms with Crippen LogP contribution in [0.3, 0.4) is 0 Å². The molecule has 1 aromatic carbocycles. The van der Waals surface area contributed by atoms with Crippen molar-refractivity contribution in [1.82, 2.24) is 10.3 Å². The molecule has 2 aromatic rings. The number of halogens is 2. The molecule has 19 heavy (non-hydrogen) atoms. The number of hydrogen-bond acceptors (Lipinski definition) is 5. The van der Waals surface area contributed by atoms with Gasteiger partial charge in [0.2, 0.25) is 5.82 Å². The summed E-state index contributed by atoms with van der Waals surface area (Å²) in [4.78, 5) is 14.4. The van der Waals surface area contributed by atoms with E-state index in [4.69, 9.17) is 0 Å². The van der Waals surface area contributed by atoms with Crippen LogP contribution in [-0.2, 0) is 6.54 Å². The summed E-state index contributed by atoms with van der Waals surface area (Å²) in [6.45, 7) is 0.510. The number of aromatic nitrogens is 1. The Bertz CT molecular complexity index is 630. The summed E-state index contributed by atoms with van der Waals surface area (Å²) in [7, 11) is 1.73. The first-order valence-corrected chi connectivity index (χ1v) is 6.08. The largest absolute Gasteiger partial charge is 0.315 e. The third-order valence-corrected chi connectivity index (χ3v) is 3.40. The number of nitrogens with zero attached hydrogens (tertiary/aromatic N) is 2. The second kappa shape index (κ2) is 5.37. The smallest absolute Gasteiger partial charge is 0.305 e. The number of thiazole rings is 1.